The first-order valence-corrected chi connectivity index (χ1v) is 38.5. The first-order valence-electron chi connectivity index (χ1n) is 38.5. The Labute approximate surface area is 669 Å². The number of hydrogen-bond donors (Lipinski definition) is 0. The number of anilines is 12. The maximum absolute atomic E-state index is 5.63. The van der Waals surface area contributed by atoms with Crippen molar-refractivity contribution >= 4 is 112 Å². The van der Waals surface area contributed by atoms with Crippen LogP contribution >= 0.6 is 0 Å². The summed E-state index contributed by atoms with van der Waals surface area (Å²) in [5.74, 6) is 5.54. The summed E-state index contributed by atoms with van der Waals surface area (Å²) in [6.07, 6.45) is 13.2. The lowest BCUT2D eigenvalue weighted by Crippen LogP contribution is -2.33. The van der Waals surface area contributed by atoms with Gasteiger partial charge in [-0.15, -0.1) is 0 Å². The fraction of sp³-hybridized carbons (Fsp3) is 0.143. The molecule has 115 heavy (non-hydrogen) atoms. The highest BCUT2D eigenvalue weighted by atomic mass is 16.5. The maximum atomic E-state index is 5.63. The minimum atomic E-state index is 0.726. The fourth-order valence-corrected chi connectivity index (χ4v) is 15.7. The number of rotatable bonds is 29. The molecule has 0 fully saturated rings. The Morgan fingerprint density at radius 3 is 0.678 bits per heavy atom. The molecule has 0 amide bonds. The number of fused-ring (bicyclic) bond motifs is 6. The summed E-state index contributed by atoms with van der Waals surface area (Å²) < 4.78 is 53.5. The highest BCUT2D eigenvalue weighted by molar-refractivity contribution is 6.12. The molecule has 17 nitrogen and oxygen atoms in total. The third kappa shape index (κ3) is 15.3. The van der Waals surface area contributed by atoms with E-state index in [4.69, 9.17) is 33.2 Å². The molecule has 0 N–H and O–H groups in total. The Balaban J connectivity index is 0.627. The van der Waals surface area contributed by atoms with Gasteiger partial charge in [-0.1, -0.05) is 42.0 Å². The van der Waals surface area contributed by atoms with Crippen LogP contribution in [-0.4, -0.2) is 68.0 Å². The van der Waals surface area contributed by atoms with Crippen LogP contribution in [0.3, 0.4) is 0 Å². The van der Waals surface area contributed by atoms with Crippen LogP contribution in [0.2, 0.25) is 0 Å². The van der Waals surface area contributed by atoms with Gasteiger partial charge in [0.2, 0.25) is 12.7 Å². The number of methoxy groups -OCH3 is 7. The molecule has 4 heterocycles. The lowest BCUT2D eigenvalue weighted by molar-refractivity contribution is -0.697. The van der Waals surface area contributed by atoms with Gasteiger partial charge in [-0.25, -0.2) is 18.3 Å². The summed E-state index contributed by atoms with van der Waals surface area (Å²) in [5.41, 5.74) is 20.4. The number of ether oxygens (including phenoxy) is 7. The van der Waals surface area contributed by atoms with E-state index in [2.05, 4.69) is 298 Å². The minimum Gasteiger partial charge on any atom is -0.497 e. The predicted molar refractivity (Wildman–Crippen MR) is 462 cm³/mol. The Morgan fingerprint density at radius 2 is 0.461 bits per heavy atom. The molecule has 0 bridgehead atoms. The van der Waals surface area contributed by atoms with Gasteiger partial charge in [-0.3, -0.25) is 0 Å². The van der Waals surface area contributed by atoms with Crippen molar-refractivity contribution in [2.45, 2.75) is 46.2 Å². The Hall–Kier alpha value is -14.3. The summed E-state index contributed by atoms with van der Waals surface area (Å²) in [5, 5.41) is 4.55. The van der Waals surface area contributed by atoms with Crippen molar-refractivity contribution < 1.29 is 42.3 Å². The van der Waals surface area contributed by atoms with Crippen LogP contribution in [0.25, 0.3) is 43.6 Å². The largest absolute Gasteiger partial charge is 0.497 e. The summed E-state index contributed by atoms with van der Waals surface area (Å²) >= 11 is 0. The molecule has 17 heteroatoms. The monoisotopic (exact) mass is 1520 g/mol. The minimum absolute atomic E-state index is 0.726. The van der Waals surface area contributed by atoms with E-state index in [1.165, 1.54) is 16.7 Å². The van der Waals surface area contributed by atoms with Crippen molar-refractivity contribution in [3.05, 3.63) is 345 Å². The van der Waals surface area contributed by atoms with Crippen molar-refractivity contribution in [2.24, 2.45) is 0 Å². The van der Waals surface area contributed by atoms with Crippen LogP contribution < -0.4 is 61.9 Å². The van der Waals surface area contributed by atoms with Gasteiger partial charge in [-0.05, 0) is 273 Å². The average molecular weight is 1520 g/mol. The van der Waals surface area contributed by atoms with Gasteiger partial charge in [0, 0.05) is 112 Å². The van der Waals surface area contributed by atoms with Crippen molar-refractivity contribution in [3.63, 3.8) is 0 Å². The molecule has 0 saturated heterocycles. The third-order valence-corrected chi connectivity index (χ3v) is 21.7. The maximum Gasteiger partial charge on any atom is 0.244 e. The van der Waals surface area contributed by atoms with Gasteiger partial charge in [0.1, 0.15) is 91.2 Å². The zero-order valence-electron chi connectivity index (χ0n) is 65.7. The van der Waals surface area contributed by atoms with Gasteiger partial charge in [-0.2, -0.15) is 0 Å². The predicted octanol–water partition coefficient (Wildman–Crippen LogP) is 21.8. The molecule has 17 aromatic rings. The van der Waals surface area contributed by atoms with E-state index in [0.717, 1.165) is 191 Å². The second-order valence-electron chi connectivity index (χ2n) is 28.6. The molecule has 13 aromatic carbocycles. The van der Waals surface area contributed by atoms with Crippen LogP contribution in [0.4, 0.5) is 68.2 Å². The molecule has 572 valence electrons. The molecule has 0 radical (unpaired) electrons. The van der Waals surface area contributed by atoms with Crippen molar-refractivity contribution in [1.82, 2.24) is 18.3 Å². The number of benzene rings is 13. The van der Waals surface area contributed by atoms with E-state index < -0.39 is 0 Å². The SMILES string of the molecule is COc1ccc(N(c2ccc(C)cc2)c2ccc3c(c2)c2cc(N(c4ccc(OC)cc4)c4ccc(OC)cc4)ccc2n3CC[n+]2ccn(Cc3ccc(Cn4cc[n+](CCn5c6ccc(N(c7ccc(OC)cc7)c7ccc(OC)cc7)cc6c6cc(N(c7ccc(OC)cc7)c7ccc(OC)cc7)ccc65)c4)cc3)c2)cc1. The first-order chi connectivity index (χ1) is 56.5. The third-order valence-electron chi connectivity index (χ3n) is 21.7. The van der Waals surface area contributed by atoms with Gasteiger partial charge in [0.15, 0.2) is 0 Å². The quantitative estimate of drug-likeness (QED) is 0.0419. The molecule has 0 atom stereocenters. The van der Waals surface area contributed by atoms with Gasteiger partial charge < -0.3 is 61.9 Å². The van der Waals surface area contributed by atoms with E-state index in [1.54, 1.807) is 49.8 Å². The second-order valence-corrected chi connectivity index (χ2v) is 28.6. The van der Waals surface area contributed by atoms with E-state index in [1.807, 2.05) is 84.9 Å². The van der Waals surface area contributed by atoms with E-state index in [0.29, 0.717) is 0 Å². The van der Waals surface area contributed by atoms with Gasteiger partial charge >= 0.3 is 0 Å². The standard InChI is InChI=1S/C98H90N10O7/c1-69-9-15-72(16-10-69)105(73-17-35-84(109-2)36-18-73)80-31-49-95-91(61-80)92-62-81(106(74-19-37-85(110-3)38-20-74)75-21-39-86(111-4)40-22-75)32-50-96(92)103(95)59-57-99-53-55-101(67-99)65-70-11-13-71(14-12-70)66-102-56-54-100(68-102)58-60-104-97-51-33-82(107(76-23-41-87(112-5)42-24-76)77-25-43-88(113-6)44-26-77)63-93(97)94-64-83(34-52-98(94)104)108(78-27-45-89(114-7)46-28-78)79-29-47-90(115-8)48-30-79/h9-56,61-64,67-68H,57-60,65-66H2,1-8H3/q+2. The van der Waals surface area contributed by atoms with Gasteiger partial charge in [0.05, 0.1) is 62.9 Å². The Kier molecular flexibility index (Phi) is 20.8. The highest BCUT2D eigenvalue weighted by Gasteiger charge is 2.25. The van der Waals surface area contributed by atoms with Crippen molar-refractivity contribution in [3.8, 4) is 40.2 Å². The molecule has 0 aliphatic carbocycles. The van der Waals surface area contributed by atoms with Crippen LogP contribution in [0.5, 0.6) is 40.2 Å². The molecule has 0 unspecified atom stereocenters. The van der Waals surface area contributed by atoms with E-state index in [-0.39, 0.29) is 0 Å². The molecule has 0 aliphatic rings. The lowest BCUT2D eigenvalue weighted by atomic mass is 10.1. The molecule has 17 rings (SSSR count). The number of nitrogens with zero attached hydrogens (tertiary/aromatic N) is 10. The van der Waals surface area contributed by atoms with Crippen LogP contribution in [0, 0.1) is 6.92 Å². The average Bonchev–Trinajstić information content (AvgIpc) is 1.59. The number of imidazole rings is 2. The summed E-state index contributed by atoms with van der Waals surface area (Å²) in [6, 6.07) is 103. The fourth-order valence-electron chi connectivity index (χ4n) is 15.7. The normalized spacial score (nSPS) is 11.3. The summed E-state index contributed by atoms with van der Waals surface area (Å²) in [6.45, 7) is 6.56. The van der Waals surface area contributed by atoms with Crippen LogP contribution in [0.15, 0.2) is 329 Å². The summed E-state index contributed by atoms with van der Waals surface area (Å²) in [4.78, 5) is 9.18. The van der Waals surface area contributed by atoms with Gasteiger partial charge in [0.25, 0.3) is 0 Å². The zero-order valence-corrected chi connectivity index (χ0v) is 65.7. The number of hydrogen-bond acceptors (Lipinski definition) is 11. The lowest BCUT2D eigenvalue weighted by Gasteiger charge is -2.26. The Bertz CT molecular complexity index is 5910. The Morgan fingerprint density at radius 1 is 0.252 bits per heavy atom. The van der Waals surface area contributed by atoms with Crippen LogP contribution in [0.1, 0.15) is 16.7 Å². The molecule has 0 saturated carbocycles. The summed E-state index contributed by atoms with van der Waals surface area (Å²) in [7, 11) is 11.9. The highest BCUT2D eigenvalue weighted by Crippen LogP contribution is 2.46. The van der Waals surface area contributed by atoms with E-state index >= 15 is 0 Å². The molecular weight excluding hydrogens is 1430 g/mol. The zero-order chi connectivity index (χ0) is 78.5. The molecule has 0 spiro atoms. The smallest absolute Gasteiger partial charge is 0.244 e. The van der Waals surface area contributed by atoms with E-state index in [9.17, 15) is 0 Å². The van der Waals surface area contributed by atoms with Crippen molar-refractivity contribution in [1.29, 1.82) is 0 Å². The van der Waals surface area contributed by atoms with Crippen LogP contribution in [-0.2, 0) is 39.3 Å². The van der Waals surface area contributed by atoms with Crippen molar-refractivity contribution in [2.75, 3.05) is 69.4 Å². The molecule has 0 aliphatic heterocycles. The first kappa shape index (κ1) is 73.5. The number of aromatic nitrogens is 6. The molecular formula is C98H90N10O7+2. The second kappa shape index (κ2) is 32.6. The number of aryl methyl sites for hydroxylation is 5. The topological polar surface area (TPSA) is 105 Å². The molecule has 4 aromatic heterocycles.